The monoisotopic (exact) mass is 315 g/mol. The van der Waals surface area contributed by atoms with Gasteiger partial charge in [0.15, 0.2) is 0 Å². The van der Waals surface area contributed by atoms with Crippen LogP contribution in [0.4, 0.5) is 0 Å². The Balaban J connectivity index is 1.26. The topological polar surface area (TPSA) is 45.7 Å². The highest BCUT2D eigenvalue weighted by molar-refractivity contribution is 5.77. The summed E-state index contributed by atoms with van der Waals surface area (Å²) in [6.07, 6.45) is 6.21. The van der Waals surface area contributed by atoms with E-state index in [9.17, 15) is 4.79 Å². The number of pyridine rings is 1. The maximum Gasteiger partial charge on any atom is 0.225 e. The van der Waals surface area contributed by atoms with Gasteiger partial charge in [-0.15, -0.1) is 0 Å². The van der Waals surface area contributed by atoms with Gasteiger partial charge >= 0.3 is 0 Å². The lowest BCUT2D eigenvalue weighted by Crippen LogP contribution is -2.32. The molecular weight excluding hydrogens is 290 g/mol. The maximum absolute atomic E-state index is 12.3. The fourth-order valence-corrected chi connectivity index (χ4v) is 4.22. The number of amides is 1. The number of rotatable bonds is 4. The van der Waals surface area contributed by atoms with Gasteiger partial charge in [0.1, 0.15) is 0 Å². The van der Waals surface area contributed by atoms with Crippen molar-refractivity contribution in [1.82, 2.24) is 14.8 Å². The van der Waals surface area contributed by atoms with E-state index in [1.165, 1.54) is 0 Å². The Morgan fingerprint density at radius 3 is 2.87 bits per heavy atom. The second kappa shape index (κ2) is 6.57. The maximum atomic E-state index is 12.3. The van der Waals surface area contributed by atoms with E-state index < -0.39 is 0 Å². The molecule has 124 valence electrons. The summed E-state index contributed by atoms with van der Waals surface area (Å²) in [7, 11) is 0. The van der Waals surface area contributed by atoms with Crippen molar-refractivity contribution >= 4 is 5.91 Å². The number of ether oxygens (including phenoxy) is 1. The highest BCUT2D eigenvalue weighted by Crippen LogP contribution is 2.35. The molecule has 1 amide bonds. The van der Waals surface area contributed by atoms with Crippen LogP contribution in [0.3, 0.4) is 0 Å². The van der Waals surface area contributed by atoms with E-state index in [2.05, 4.69) is 16.0 Å². The number of fused-ring (bicyclic) bond motifs is 1. The molecule has 0 bridgehead atoms. The second-order valence-corrected chi connectivity index (χ2v) is 7.10. The summed E-state index contributed by atoms with van der Waals surface area (Å²) >= 11 is 0. The minimum atomic E-state index is 0.134. The molecule has 0 aromatic carbocycles. The number of hydrogen-bond donors (Lipinski definition) is 0. The summed E-state index contributed by atoms with van der Waals surface area (Å²) in [6, 6.07) is 6.06. The molecule has 1 aromatic heterocycles. The van der Waals surface area contributed by atoms with Crippen LogP contribution in [0.15, 0.2) is 24.4 Å². The van der Waals surface area contributed by atoms with E-state index in [1.807, 2.05) is 23.2 Å². The molecule has 0 N–H and O–H groups in total. The zero-order valence-corrected chi connectivity index (χ0v) is 13.6. The smallest absolute Gasteiger partial charge is 0.225 e. The number of likely N-dealkylation sites (tertiary alicyclic amines) is 2. The first kappa shape index (κ1) is 15.1. The van der Waals surface area contributed by atoms with Gasteiger partial charge in [-0.2, -0.15) is 0 Å². The second-order valence-electron chi connectivity index (χ2n) is 7.10. The molecule has 0 saturated carbocycles. The summed E-state index contributed by atoms with van der Waals surface area (Å²) in [4.78, 5) is 21.1. The summed E-state index contributed by atoms with van der Waals surface area (Å²) < 4.78 is 6.17. The largest absolute Gasteiger partial charge is 0.373 e. The molecule has 0 unspecified atom stereocenters. The van der Waals surface area contributed by atoms with Gasteiger partial charge in [0.2, 0.25) is 5.91 Å². The van der Waals surface area contributed by atoms with E-state index in [0.29, 0.717) is 18.4 Å². The molecular formula is C18H25N3O2. The molecule has 3 aliphatic heterocycles. The molecule has 0 aliphatic carbocycles. The molecule has 0 radical (unpaired) electrons. The highest BCUT2D eigenvalue weighted by atomic mass is 16.5. The van der Waals surface area contributed by atoms with E-state index in [4.69, 9.17) is 4.74 Å². The molecule has 1 aromatic rings. The molecule has 3 saturated heterocycles. The molecule has 3 aliphatic rings. The molecule has 23 heavy (non-hydrogen) atoms. The minimum Gasteiger partial charge on any atom is -0.373 e. The van der Waals surface area contributed by atoms with Crippen molar-refractivity contribution in [2.24, 2.45) is 5.92 Å². The Bertz CT molecular complexity index is 530. The molecule has 0 spiro atoms. The Kier molecular flexibility index (Phi) is 4.31. The lowest BCUT2D eigenvalue weighted by molar-refractivity contribution is -0.132. The number of aromatic nitrogens is 1. The van der Waals surface area contributed by atoms with Crippen LogP contribution < -0.4 is 0 Å². The van der Waals surface area contributed by atoms with Crippen LogP contribution in [-0.4, -0.2) is 59.1 Å². The van der Waals surface area contributed by atoms with Crippen molar-refractivity contribution in [3.05, 3.63) is 30.1 Å². The first-order valence-electron chi connectivity index (χ1n) is 8.83. The van der Waals surface area contributed by atoms with Crippen molar-refractivity contribution in [2.45, 2.75) is 44.4 Å². The van der Waals surface area contributed by atoms with Gasteiger partial charge < -0.3 is 9.64 Å². The first-order chi connectivity index (χ1) is 11.3. The van der Waals surface area contributed by atoms with Crippen LogP contribution in [-0.2, 0) is 16.1 Å². The predicted molar refractivity (Wildman–Crippen MR) is 86.7 cm³/mol. The Labute approximate surface area is 137 Å². The van der Waals surface area contributed by atoms with E-state index in [-0.39, 0.29) is 12.0 Å². The lowest BCUT2D eigenvalue weighted by Gasteiger charge is -2.20. The average Bonchev–Trinajstić information content (AvgIpc) is 3.24. The first-order valence-corrected chi connectivity index (χ1v) is 8.83. The van der Waals surface area contributed by atoms with Gasteiger partial charge in [-0.05, 0) is 31.4 Å². The van der Waals surface area contributed by atoms with Crippen molar-refractivity contribution in [1.29, 1.82) is 0 Å². The third-order valence-electron chi connectivity index (χ3n) is 5.36. The summed E-state index contributed by atoms with van der Waals surface area (Å²) in [5.41, 5.74) is 1.12. The van der Waals surface area contributed by atoms with Gasteiger partial charge in [0.05, 0.1) is 24.3 Å². The predicted octanol–water partition coefficient (Wildman–Crippen LogP) is 1.68. The molecule has 5 heteroatoms. The Morgan fingerprint density at radius 2 is 2.13 bits per heavy atom. The fraction of sp³-hybridized carbons (Fsp3) is 0.667. The summed E-state index contributed by atoms with van der Waals surface area (Å²) in [5, 5.41) is 0. The summed E-state index contributed by atoms with van der Waals surface area (Å²) in [5.74, 6) is 0.868. The molecule has 3 atom stereocenters. The molecule has 4 rings (SSSR count). The van der Waals surface area contributed by atoms with Crippen molar-refractivity contribution < 1.29 is 9.53 Å². The van der Waals surface area contributed by atoms with Crippen LogP contribution in [0.2, 0.25) is 0 Å². The highest BCUT2D eigenvalue weighted by Gasteiger charge is 2.42. The van der Waals surface area contributed by atoms with E-state index in [0.717, 1.165) is 57.7 Å². The zero-order chi connectivity index (χ0) is 15.6. The van der Waals surface area contributed by atoms with Crippen molar-refractivity contribution in [3.8, 4) is 0 Å². The SMILES string of the molecule is O=C(C[C@@H]1C[C@@H]2CN(Cc3ccccn3)C[C@@H]2O1)N1CCCC1. The van der Waals surface area contributed by atoms with Crippen LogP contribution >= 0.6 is 0 Å². The van der Waals surface area contributed by atoms with Crippen LogP contribution in [0.5, 0.6) is 0 Å². The standard InChI is InChI=1S/C18H25N3O2/c22-18(21-7-3-4-8-21)10-16-9-14-11-20(13-17(14)23-16)12-15-5-1-2-6-19-15/h1-2,5-6,14,16-17H,3-4,7-13H2/t14-,16+,17+/m1/s1. The third-order valence-corrected chi connectivity index (χ3v) is 5.36. The van der Waals surface area contributed by atoms with Gasteiger partial charge in [-0.3, -0.25) is 14.7 Å². The van der Waals surface area contributed by atoms with Gasteiger partial charge in [0.25, 0.3) is 0 Å². The fourth-order valence-electron chi connectivity index (χ4n) is 4.22. The number of nitrogens with zero attached hydrogens (tertiary/aromatic N) is 3. The number of carbonyl (C=O) groups is 1. The number of carbonyl (C=O) groups excluding carboxylic acids is 1. The summed E-state index contributed by atoms with van der Waals surface area (Å²) in [6.45, 7) is 4.81. The Hall–Kier alpha value is -1.46. The van der Waals surface area contributed by atoms with Gasteiger partial charge in [0, 0.05) is 44.8 Å². The molecule has 3 fully saturated rings. The van der Waals surface area contributed by atoms with Crippen molar-refractivity contribution in [3.63, 3.8) is 0 Å². The lowest BCUT2D eigenvalue weighted by atomic mass is 10.0. The van der Waals surface area contributed by atoms with Gasteiger partial charge in [-0.25, -0.2) is 0 Å². The van der Waals surface area contributed by atoms with Crippen LogP contribution in [0, 0.1) is 5.92 Å². The van der Waals surface area contributed by atoms with Crippen molar-refractivity contribution in [2.75, 3.05) is 26.2 Å². The average molecular weight is 315 g/mol. The molecule has 4 heterocycles. The van der Waals surface area contributed by atoms with Crippen LogP contribution in [0.25, 0.3) is 0 Å². The van der Waals surface area contributed by atoms with Crippen LogP contribution in [0.1, 0.15) is 31.4 Å². The Morgan fingerprint density at radius 1 is 1.26 bits per heavy atom. The quantitative estimate of drug-likeness (QED) is 0.848. The normalized spacial score (nSPS) is 30.8. The van der Waals surface area contributed by atoms with E-state index >= 15 is 0 Å². The number of hydrogen-bond acceptors (Lipinski definition) is 4. The minimum absolute atomic E-state index is 0.134. The van der Waals surface area contributed by atoms with E-state index in [1.54, 1.807) is 0 Å². The third kappa shape index (κ3) is 3.40. The molecule has 5 nitrogen and oxygen atoms in total. The zero-order valence-electron chi connectivity index (χ0n) is 13.6. The van der Waals surface area contributed by atoms with Gasteiger partial charge in [-0.1, -0.05) is 6.07 Å².